The zero-order chi connectivity index (χ0) is 14.5. The molecule has 5 heteroatoms. The van der Waals surface area contributed by atoms with E-state index in [2.05, 4.69) is 9.64 Å². The van der Waals surface area contributed by atoms with Gasteiger partial charge >= 0.3 is 5.97 Å². The molecule has 0 radical (unpaired) electrons. The first-order valence-corrected chi connectivity index (χ1v) is 6.67. The summed E-state index contributed by atoms with van der Waals surface area (Å²) in [6.07, 6.45) is 1.14. The molecule has 0 spiro atoms. The highest BCUT2D eigenvalue weighted by Crippen LogP contribution is 2.15. The molecule has 1 fully saturated rings. The third-order valence-electron chi connectivity index (χ3n) is 3.62. The normalized spacial score (nSPS) is 19.9. The molecule has 20 heavy (non-hydrogen) atoms. The van der Waals surface area contributed by atoms with Crippen LogP contribution in [0.3, 0.4) is 0 Å². The van der Waals surface area contributed by atoms with Gasteiger partial charge in [0.1, 0.15) is 17.5 Å². The molecule has 0 N–H and O–H groups in total. The van der Waals surface area contributed by atoms with Gasteiger partial charge in [-0.25, -0.2) is 4.39 Å². The third kappa shape index (κ3) is 3.63. The summed E-state index contributed by atoms with van der Waals surface area (Å²) >= 11 is 0. The first-order chi connectivity index (χ1) is 9.60. The highest BCUT2D eigenvalue weighted by Gasteiger charge is 2.33. The maximum Gasteiger partial charge on any atom is 0.317 e. The molecule has 0 aromatic heterocycles. The van der Waals surface area contributed by atoms with Gasteiger partial charge in [0, 0.05) is 26.1 Å². The van der Waals surface area contributed by atoms with Crippen molar-refractivity contribution in [1.29, 1.82) is 0 Å². The van der Waals surface area contributed by atoms with Crippen LogP contribution in [0.5, 0.6) is 0 Å². The maximum atomic E-state index is 12.8. The van der Waals surface area contributed by atoms with Gasteiger partial charge in [0.25, 0.3) is 0 Å². The fourth-order valence-electron chi connectivity index (χ4n) is 2.38. The standard InChI is InChI=1S/C15H18FNO3/c1-20-15(19)13-10-17(9-7-14(13)18)8-6-11-2-4-12(16)5-3-11/h2-5,13H,6-10H2,1H3. The molecular weight excluding hydrogens is 261 g/mol. The average Bonchev–Trinajstić information content (AvgIpc) is 2.47. The van der Waals surface area contributed by atoms with Gasteiger partial charge in [-0.1, -0.05) is 12.1 Å². The van der Waals surface area contributed by atoms with E-state index < -0.39 is 11.9 Å². The zero-order valence-corrected chi connectivity index (χ0v) is 11.5. The second-order valence-corrected chi connectivity index (χ2v) is 4.97. The van der Waals surface area contributed by atoms with E-state index in [9.17, 15) is 14.0 Å². The molecule has 1 saturated heterocycles. The summed E-state index contributed by atoms with van der Waals surface area (Å²) in [5, 5.41) is 0. The Balaban J connectivity index is 1.88. The lowest BCUT2D eigenvalue weighted by molar-refractivity contribution is -0.151. The van der Waals surface area contributed by atoms with E-state index in [1.807, 2.05) is 0 Å². The van der Waals surface area contributed by atoms with E-state index in [1.54, 1.807) is 12.1 Å². The topological polar surface area (TPSA) is 46.6 Å². The Morgan fingerprint density at radius 2 is 2.10 bits per heavy atom. The molecule has 1 aromatic rings. The van der Waals surface area contributed by atoms with Crippen LogP contribution in [0.2, 0.25) is 0 Å². The minimum Gasteiger partial charge on any atom is -0.468 e. The number of rotatable bonds is 4. The van der Waals surface area contributed by atoms with E-state index in [4.69, 9.17) is 0 Å². The van der Waals surface area contributed by atoms with Crippen LogP contribution in [0.4, 0.5) is 4.39 Å². The van der Waals surface area contributed by atoms with Crippen molar-refractivity contribution >= 4 is 11.8 Å². The van der Waals surface area contributed by atoms with Crippen molar-refractivity contribution < 1.29 is 18.7 Å². The maximum absolute atomic E-state index is 12.8. The van der Waals surface area contributed by atoms with Crippen LogP contribution in [0.25, 0.3) is 0 Å². The smallest absolute Gasteiger partial charge is 0.317 e. The summed E-state index contributed by atoms with van der Waals surface area (Å²) in [4.78, 5) is 25.3. The van der Waals surface area contributed by atoms with Crippen molar-refractivity contribution in [2.45, 2.75) is 12.8 Å². The van der Waals surface area contributed by atoms with Gasteiger partial charge in [-0.05, 0) is 24.1 Å². The number of halogens is 1. The number of carbonyl (C=O) groups excluding carboxylic acids is 2. The lowest BCUT2D eigenvalue weighted by Gasteiger charge is -2.30. The summed E-state index contributed by atoms with van der Waals surface area (Å²) in [5.41, 5.74) is 1.04. The molecule has 0 aliphatic carbocycles. The molecular formula is C15H18FNO3. The highest BCUT2D eigenvalue weighted by molar-refractivity contribution is 5.99. The van der Waals surface area contributed by atoms with E-state index in [0.717, 1.165) is 18.5 Å². The van der Waals surface area contributed by atoms with Crippen LogP contribution in [-0.4, -0.2) is 43.4 Å². The van der Waals surface area contributed by atoms with Gasteiger partial charge in [0.2, 0.25) is 0 Å². The number of methoxy groups -OCH3 is 1. The number of benzene rings is 1. The Morgan fingerprint density at radius 3 is 2.75 bits per heavy atom. The first kappa shape index (κ1) is 14.7. The Bertz CT molecular complexity index is 478. The van der Waals surface area contributed by atoms with Crippen LogP contribution < -0.4 is 0 Å². The lowest BCUT2D eigenvalue weighted by atomic mass is 9.96. The molecule has 2 rings (SSSR count). The molecule has 1 unspecified atom stereocenters. The van der Waals surface area contributed by atoms with Crippen LogP contribution in [0.15, 0.2) is 24.3 Å². The summed E-state index contributed by atoms with van der Waals surface area (Å²) in [5.74, 6) is -1.42. The number of Topliss-reactive ketones (excluding diaryl/α,β-unsaturated/α-hetero) is 1. The predicted octanol–water partition coefficient (Wildman–Crippen LogP) is 1.43. The number of carbonyl (C=O) groups is 2. The van der Waals surface area contributed by atoms with Crippen molar-refractivity contribution in [2.24, 2.45) is 5.92 Å². The minimum atomic E-state index is -0.665. The monoisotopic (exact) mass is 279 g/mol. The number of hydrogen-bond donors (Lipinski definition) is 0. The van der Waals surface area contributed by atoms with Crippen molar-refractivity contribution in [3.05, 3.63) is 35.6 Å². The Labute approximate surface area is 117 Å². The van der Waals surface area contributed by atoms with Gasteiger partial charge in [0.15, 0.2) is 0 Å². The summed E-state index contributed by atoms with van der Waals surface area (Å²) in [6, 6.07) is 6.38. The zero-order valence-electron chi connectivity index (χ0n) is 11.5. The summed E-state index contributed by atoms with van der Waals surface area (Å²) in [6.45, 7) is 1.81. The fraction of sp³-hybridized carbons (Fsp3) is 0.467. The summed E-state index contributed by atoms with van der Waals surface area (Å²) in [7, 11) is 1.30. The van der Waals surface area contributed by atoms with Gasteiger partial charge in [0.05, 0.1) is 7.11 Å². The second-order valence-electron chi connectivity index (χ2n) is 4.97. The van der Waals surface area contributed by atoms with Crippen LogP contribution in [0, 0.1) is 11.7 Å². The highest BCUT2D eigenvalue weighted by atomic mass is 19.1. The van der Waals surface area contributed by atoms with Crippen LogP contribution in [0.1, 0.15) is 12.0 Å². The Morgan fingerprint density at radius 1 is 1.40 bits per heavy atom. The van der Waals surface area contributed by atoms with Gasteiger partial charge in [-0.3, -0.25) is 9.59 Å². The van der Waals surface area contributed by atoms with Crippen molar-refractivity contribution in [2.75, 3.05) is 26.7 Å². The largest absolute Gasteiger partial charge is 0.468 e. The Hall–Kier alpha value is -1.75. The molecule has 1 aliphatic heterocycles. The summed E-state index contributed by atoms with van der Waals surface area (Å²) < 4.78 is 17.5. The van der Waals surface area contributed by atoms with Gasteiger partial charge < -0.3 is 9.64 Å². The van der Waals surface area contributed by atoms with E-state index in [0.29, 0.717) is 19.5 Å². The minimum absolute atomic E-state index is 0.0464. The molecule has 0 bridgehead atoms. The fourth-order valence-corrected chi connectivity index (χ4v) is 2.38. The van der Waals surface area contributed by atoms with E-state index in [-0.39, 0.29) is 11.6 Å². The molecule has 1 aromatic carbocycles. The third-order valence-corrected chi connectivity index (χ3v) is 3.62. The number of piperidine rings is 1. The van der Waals surface area contributed by atoms with Crippen molar-refractivity contribution in [3.63, 3.8) is 0 Å². The molecule has 108 valence electrons. The van der Waals surface area contributed by atoms with Crippen molar-refractivity contribution in [1.82, 2.24) is 4.90 Å². The molecule has 4 nitrogen and oxygen atoms in total. The predicted molar refractivity (Wildman–Crippen MR) is 71.7 cm³/mol. The second kappa shape index (κ2) is 6.61. The number of hydrogen-bond acceptors (Lipinski definition) is 4. The average molecular weight is 279 g/mol. The van der Waals surface area contributed by atoms with Gasteiger partial charge in [-0.15, -0.1) is 0 Å². The quantitative estimate of drug-likeness (QED) is 0.618. The van der Waals surface area contributed by atoms with Crippen molar-refractivity contribution in [3.8, 4) is 0 Å². The van der Waals surface area contributed by atoms with Crippen LogP contribution in [-0.2, 0) is 20.7 Å². The lowest BCUT2D eigenvalue weighted by Crippen LogP contribution is -2.45. The number of nitrogens with zero attached hydrogens (tertiary/aromatic N) is 1. The van der Waals surface area contributed by atoms with E-state index >= 15 is 0 Å². The SMILES string of the molecule is COC(=O)C1CN(CCc2ccc(F)cc2)CCC1=O. The Kier molecular flexibility index (Phi) is 4.84. The van der Waals surface area contributed by atoms with Crippen LogP contribution >= 0.6 is 0 Å². The number of likely N-dealkylation sites (tertiary alicyclic amines) is 1. The molecule has 0 amide bonds. The number of ether oxygens (including phenoxy) is 1. The van der Waals surface area contributed by atoms with E-state index in [1.165, 1.54) is 19.2 Å². The molecule has 0 saturated carbocycles. The molecule has 1 heterocycles. The first-order valence-electron chi connectivity index (χ1n) is 6.67. The number of esters is 1. The number of ketones is 1. The molecule has 1 aliphatic rings. The van der Waals surface area contributed by atoms with Gasteiger partial charge in [-0.2, -0.15) is 0 Å². The molecule has 1 atom stereocenters.